The molecule has 0 fully saturated rings. The molecule has 0 aliphatic carbocycles. The van der Waals surface area contributed by atoms with E-state index in [1.165, 1.54) is 19.2 Å². The molecule has 0 saturated carbocycles. The van der Waals surface area contributed by atoms with Crippen molar-refractivity contribution in [2.24, 2.45) is 5.73 Å². The number of halogens is 4. The van der Waals surface area contributed by atoms with Crippen LogP contribution >= 0.6 is 0 Å². The summed E-state index contributed by atoms with van der Waals surface area (Å²) in [5.41, 5.74) is 5.45. The van der Waals surface area contributed by atoms with Gasteiger partial charge in [-0.25, -0.2) is 4.39 Å². The summed E-state index contributed by atoms with van der Waals surface area (Å²) in [7, 11) is 1.33. The van der Waals surface area contributed by atoms with Gasteiger partial charge in [0.2, 0.25) is 0 Å². The molecule has 8 heteroatoms. The van der Waals surface area contributed by atoms with E-state index in [0.717, 1.165) is 17.1 Å². The summed E-state index contributed by atoms with van der Waals surface area (Å²) in [6.07, 6.45) is -2.87. The number of rotatable bonds is 4. The predicted molar refractivity (Wildman–Crippen MR) is 67.1 cm³/mol. The summed E-state index contributed by atoms with van der Waals surface area (Å²) in [5.74, 6) is -0.508. The van der Waals surface area contributed by atoms with Crippen molar-refractivity contribution < 1.29 is 22.3 Å². The van der Waals surface area contributed by atoms with E-state index in [1.807, 2.05) is 0 Å². The largest absolute Gasteiger partial charge is 0.494 e. The molecule has 0 radical (unpaired) electrons. The molecule has 0 bridgehead atoms. The van der Waals surface area contributed by atoms with Gasteiger partial charge in [-0.05, 0) is 17.7 Å². The van der Waals surface area contributed by atoms with E-state index < -0.39 is 23.6 Å². The Bertz CT molecular complexity index is 624. The molecule has 0 aliphatic rings. The number of aromatic nitrogens is 2. The van der Waals surface area contributed by atoms with Crippen LogP contribution in [0.2, 0.25) is 0 Å². The van der Waals surface area contributed by atoms with E-state index in [0.29, 0.717) is 5.56 Å². The number of alkyl halides is 3. The Morgan fingerprint density at radius 3 is 2.62 bits per heavy atom. The van der Waals surface area contributed by atoms with E-state index in [2.05, 4.69) is 5.10 Å². The first-order valence-electron chi connectivity index (χ1n) is 6.00. The highest BCUT2D eigenvalue weighted by molar-refractivity contribution is 5.30. The molecule has 1 heterocycles. The Morgan fingerprint density at radius 2 is 2.10 bits per heavy atom. The number of nitrogens with two attached hydrogens (primary N) is 1. The Labute approximate surface area is 118 Å². The van der Waals surface area contributed by atoms with Crippen molar-refractivity contribution in [1.82, 2.24) is 9.78 Å². The lowest BCUT2D eigenvalue weighted by Crippen LogP contribution is -2.18. The van der Waals surface area contributed by atoms with Crippen LogP contribution in [0.5, 0.6) is 5.75 Å². The van der Waals surface area contributed by atoms with Crippen molar-refractivity contribution in [1.29, 1.82) is 0 Å². The van der Waals surface area contributed by atoms with Crippen LogP contribution in [-0.4, -0.2) is 16.9 Å². The fourth-order valence-electron chi connectivity index (χ4n) is 1.83. The summed E-state index contributed by atoms with van der Waals surface area (Å²) in [6.45, 7) is 0.00183. The minimum Gasteiger partial charge on any atom is -0.494 e. The molecule has 2 rings (SSSR count). The molecule has 0 aliphatic heterocycles. The third kappa shape index (κ3) is 3.52. The molecular weight excluding hydrogens is 290 g/mol. The van der Waals surface area contributed by atoms with Gasteiger partial charge in [-0.3, -0.25) is 4.68 Å². The lowest BCUT2D eigenvalue weighted by Gasteiger charge is -2.13. The fraction of sp³-hybridized carbons (Fsp3) is 0.308. The van der Waals surface area contributed by atoms with E-state index in [1.54, 1.807) is 6.07 Å². The molecule has 2 N–H and O–H groups in total. The SMILES string of the molecule is COc1ccc(C(N)Cn2cc(C(F)(F)F)cn2)cc1F. The fourth-order valence-corrected chi connectivity index (χ4v) is 1.83. The lowest BCUT2D eigenvalue weighted by molar-refractivity contribution is -0.137. The highest BCUT2D eigenvalue weighted by Crippen LogP contribution is 2.29. The van der Waals surface area contributed by atoms with E-state index in [9.17, 15) is 17.6 Å². The van der Waals surface area contributed by atoms with Crippen molar-refractivity contribution in [3.63, 3.8) is 0 Å². The normalized spacial score (nSPS) is 13.2. The van der Waals surface area contributed by atoms with Crippen LogP contribution in [-0.2, 0) is 12.7 Å². The highest BCUT2D eigenvalue weighted by atomic mass is 19.4. The van der Waals surface area contributed by atoms with Gasteiger partial charge in [-0.1, -0.05) is 6.07 Å². The number of hydrogen-bond acceptors (Lipinski definition) is 3. The average molecular weight is 303 g/mol. The average Bonchev–Trinajstić information content (AvgIpc) is 2.87. The van der Waals surface area contributed by atoms with Crippen LogP contribution in [0.15, 0.2) is 30.6 Å². The number of nitrogens with zero attached hydrogens (tertiary/aromatic N) is 2. The van der Waals surface area contributed by atoms with Crippen molar-refractivity contribution in [2.45, 2.75) is 18.8 Å². The van der Waals surface area contributed by atoms with Crippen LogP contribution < -0.4 is 10.5 Å². The number of hydrogen-bond donors (Lipinski definition) is 1. The minimum absolute atomic E-state index is 0.00183. The molecule has 1 aromatic carbocycles. The summed E-state index contributed by atoms with van der Waals surface area (Å²) in [6, 6.07) is 3.47. The highest BCUT2D eigenvalue weighted by Gasteiger charge is 2.32. The predicted octanol–water partition coefficient (Wildman–Crippen LogP) is 2.75. The van der Waals surface area contributed by atoms with Gasteiger partial charge >= 0.3 is 6.18 Å². The smallest absolute Gasteiger partial charge is 0.419 e. The van der Waals surface area contributed by atoms with Crippen LogP contribution in [0.3, 0.4) is 0 Å². The molecule has 114 valence electrons. The first kappa shape index (κ1) is 15.3. The number of methoxy groups -OCH3 is 1. The number of ether oxygens (including phenoxy) is 1. The quantitative estimate of drug-likeness (QED) is 0.884. The molecule has 4 nitrogen and oxygen atoms in total. The van der Waals surface area contributed by atoms with Crippen molar-refractivity contribution >= 4 is 0 Å². The zero-order chi connectivity index (χ0) is 15.6. The second-order valence-electron chi connectivity index (χ2n) is 4.45. The maximum Gasteiger partial charge on any atom is 0.419 e. The Kier molecular flexibility index (Phi) is 4.17. The first-order valence-corrected chi connectivity index (χ1v) is 6.00. The topological polar surface area (TPSA) is 53.1 Å². The molecule has 0 saturated heterocycles. The minimum atomic E-state index is -4.45. The third-order valence-corrected chi connectivity index (χ3v) is 2.95. The van der Waals surface area contributed by atoms with E-state index >= 15 is 0 Å². The first-order chi connectivity index (χ1) is 9.81. The zero-order valence-electron chi connectivity index (χ0n) is 11.1. The van der Waals surface area contributed by atoms with Gasteiger partial charge in [0.15, 0.2) is 11.6 Å². The van der Waals surface area contributed by atoms with Gasteiger partial charge in [0.25, 0.3) is 0 Å². The van der Waals surface area contributed by atoms with E-state index in [4.69, 9.17) is 10.5 Å². The van der Waals surface area contributed by atoms with Gasteiger partial charge < -0.3 is 10.5 Å². The maximum atomic E-state index is 13.6. The Hall–Kier alpha value is -2.09. The van der Waals surface area contributed by atoms with Crippen LogP contribution in [0.25, 0.3) is 0 Å². The Morgan fingerprint density at radius 1 is 1.38 bits per heavy atom. The second kappa shape index (κ2) is 5.72. The maximum absolute atomic E-state index is 13.6. The van der Waals surface area contributed by atoms with Gasteiger partial charge in [-0.15, -0.1) is 0 Å². The van der Waals surface area contributed by atoms with E-state index in [-0.39, 0.29) is 12.3 Å². The third-order valence-electron chi connectivity index (χ3n) is 2.95. The van der Waals surface area contributed by atoms with Crippen LogP contribution in [0, 0.1) is 5.82 Å². The molecule has 0 amide bonds. The standard InChI is InChI=1S/C13H13F4N3O/c1-21-12-3-2-8(4-10(12)14)11(18)7-20-6-9(5-19-20)13(15,16)17/h2-6,11H,7,18H2,1H3. The molecule has 2 aromatic rings. The van der Waals surface area contributed by atoms with Crippen molar-refractivity contribution in [2.75, 3.05) is 7.11 Å². The summed E-state index contributed by atoms with van der Waals surface area (Å²) in [5, 5.41) is 3.60. The van der Waals surface area contributed by atoms with Gasteiger partial charge in [0.1, 0.15) is 0 Å². The van der Waals surface area contributed by atoms with Gasteiger partial charge in [0.05, 0.1) is 25.4 Å². The molecular formula is C13H13F4N3O. The number of benzene rings is 1. The lowest BCUT2D eigenvalue weighted by atomic mass is 10.1. The summed E-state index contributed by atoms with van der Waals surface area (Å²) >= 11 is 0. The molecule has 21 heavy (non-hydrogen) atoms. The molecule has 1 aromatic heterocycles. The Balaban J connectivity index is 2.12. The molecule has 0 spiro atoms. The van der Waals surface area contributed by atoms with Crippen molar-refractivity contribution in [3.05, 3.63) is 47.5 Å². The van der Waals surface area contributed by atoms with Crippen molar-refractivity contribution in [3.8, 4) is 5.75 Å². The van der Waals surface area contributed by atoms with Gasteiger partial charge in [-0.2, -0.15) is 18.3 Å². The monoisotopic (exact) mass is 303 g/mol. The second-order valence-corrected chi connectivity index (χ2v) is 4.45. The van der Waals surface area contributed by atoms with Gasteiger partial charge in [0, 0.05) is 12.2 Å². The van der Waals surface area contributed by atoms with Crippen LogP contribution in [0.1, 0.15) is 17.2 Å². The zero-order valence-corrected chi connectivity index (χ0v) is 11.1. The molecule has 1 atom stereocenters. The van der Waals surface area contributed by atoms with Crippen LogP contribution in [0.4, 0.5) is 17.6 Å². The molecule has 1 unspecified atom stereocenters. The summed E-state index contributed by atoms with van der Waals surface area (Å²) < 4.78 is 56.8. The summed E-state index contributed by atoms with van der Waals surface area (Å²) in [4.78, 5) is 0.